The van der Waals surface area contributed by atoms with Gasteiger partial charge in [0.1, 0.15) is 5.75 Å². The Balaban J connectivity index is 2.53. The van der Waals surface area contributed by atoms with Crippen molar-refractivity contribution in [1.82, 2.24) is 4.72 Å². The van der Waals surface area contributed by atoms with Gasteiger partial charge in [-0.3, -0.25) is 0 Å². The lowest BCUT2D eigenvalue weighted by Gasteiger charge is -2.08. The Hall–Kier alpha value is -1.15. The van der Waals surface area contributed by atoms with E-state index in [4.69, 9.17) is 14.6 Å². The predicted octanol–water partition coefficient (Wildman–Crippen LogP) is 0.763. The number of aliphatic hydroxyl groups excluding tert-OH is 1. The fraction of sp³-hybridized carbons (Fsp3) is 0.538. The number of hydrogen-bond acceptors (Lipinski definition) is 5. The molecule has 1 aromatic carbocycles. The molecule has 0 fully saturated rings. The average Bonchev–Trinajstić information content (AvgIpc) is 2.45. The van der Waals surface area contributed by atoms with Crippen LogP contribution in [0.5, 0.6) is 5.75 Å². The van der Waals surface area contributed by atoms with Crippen LogP contribution in [0.1, 0.15) is 12.8 Å². The predicted molar refractivity (Wildman–Crippen MR) is 75.3 cm³/mol. The van der Waals surface area contributed by atoms with E-state index >= 15 is 0 Å². The van der Waals surface area contributed by atoms with Gasteiger partial charge in [0.05, 0.1) is 11.5 Å². The largest absolute Gasteiger partial charge is 0.494 e. The number of aliphatic hydroxyl groups is 1. The smallest absolute Gasteiger partial charge is 0.240 e. The zero-order valence-electron chi connectivity index (χ0n) is 11.5. The van der Waals surface area contributed by atoms with Gasteiger partial charge in [0.25, 0.3) is 0 Å². The summed E-state index contributed by atoms with van der Waals surface area (Å²) in [6.07, 6.45) is 1.17. The van der Waals surface area contributed by atoms with E-state index in [9.17, 15) is 8.42 Å². The molecule has 0 aliphatic heterocycles. The summed E-state index contributed by atoms with van der Waals surface area (Å²) in [5.41, 5.74) is 0. The maximum atomic E-state index is 11.9. The normalized spacial score (nSPS) is 11.5. The van der Waals surface area contributed by atoms with E-state index in [1.54, 1.807) is 19.2 Å². The second-order valence-corrected chi connectivity index (χ2v) is 5.91. The summed E-state index contributed by atoms with van der Waals surface area (Å²) in [6, 6.07) is 6.18. The lowest BCUT2D eigenvalue weighted by atomic mass is 10.3. The summed E-state index contributed by atoms with van der Waals surface area (Å²) >= 11 is 0. The molecule has 0 heterocycles. The lowest BCUT2D eigenvalue weighted by molar-refractivity contribution is 0.196. The molecule has 114 valence electrons. The molecule has 0 bridgehead atoms. The molecule has 0 spiro atoms. The highest BCUT2D eigenvalue weighted by Gasteiger charge is 2.12. The van der Waals surface area contributed by atoms with Crippen LogP contribution < -0.4 is 9.46 Å². The Bertz CT molecular complexity index is 472. The van der Waals surface area contributed by atoms with Crippen LogP contribution in [0.2, 0.25) is 0 Å². The highest BCUT2D eigenvalue weighted by molar-refractivity contribution is 7.89. The van der Waals surface area contributed by atoms with Gasteiger partial charge in [-0.15, -0.1) is 0 Å². The quantitative estimate of drug-likeness (QED) is 0.623. The van der Waals surface area contributed by atoms with Crippen molar-refractivity contribution in [3.63, 3.8) is 0 Å². The van der Waals surface area contributed by atoms with E-state index in [1.165, 1.54) is 12.1 Å². The molecule has 0 radical (unpaired) electrons. The Kier molecular flexibility index (Phi) is 7.53. The minimum absolute atomic E-state index is 0.0673. The van der Waals surface area contributed by atoms with Crippen LogP contribution in [-0.4, -0.2) is 47.0 Å². The number of nitrogens with one attached hydrogen (secondary N) is 1. The second kappa shape index (κ2) is 8.91. The van der Waals surface area contributed by atoms with Gasteiger partial charge in [0.15, 0.2) is 0 Å². The number of methoxy groups -OCH3 is 1. The Labute approximate surface area is 119 Å². The van der Waals surface area contributed by atoms with Crippen molar-refractivity contribution in [2.45, 2.75) is 17.7 Å². The molecule has 0 amide bonds. The van der Waals surface area contributed by atoms with Gasteiger partial charge >= 0.3 is 0 Å². The number of benzene rings is 1. The Morgan fingerprint density at radius 3 is 2.45 bits per heavy atom. The molecule has 0 aliphatic rings. The molecule has 2 N–H and O–H groups in total. The molecule has 6 nitrogen and oxygen atoms in total. The molecule has 7 heteroatoms. The van der Waals surface area contributed by atoms with E-state index in [0.717, 1.165) is 0 Å². The lowest BCUT2D eigenvalue weighted by Crippen LogP contribution is -2.25. The fourth-order valence-electron chi connectivity index (χ4n) is 1.48. The van der Waals surface area contributed by atoms with Crippen molar-refractivity contribution in [2.24, 2.45) is 0 Å². The first-order valence-electron chi connectivity index (χ1n) is 6.42. The van der Waals surface area contributed by atoms with Crippen molar-refractivity contribution >= 4 is 10.0 Å². The van der Waals surface area contributed by atoms with Gasteiger partial charge in [0.2, 0.25) is 10.0 Å². The third-order valence-corrected chi connectivity index (χ3v) is 4.00. The summed E-state index contributed by atoms with van der Waals surface area (Å²) in [5, 5.41) is 8.64. The SMILES string of the molecule is COCCCNS(=O)(=O)c1ccc(OCCCO)cc1. The summed E-state index contributed by atoms with van der Waals surface area (Å²) < 4.78 is 36.6. The van der Waals surface area contributed by atoms with Crippen LogP contribution in [0, 0.1) is 0 Å². The number of rotatable bonds is 10. The third-order valence-electron chi connectivity index (χ3n) is 2.52. The second-order valence-electron chi connectivity index (χ2n) is 4.14. The molecule has 1 rings (SSSR count). The van der Waals surface area contributed by atoms with Gasteiger partial charge < -0.3 is 14.6 Å². The number of ether oxygens (including phenoxy) is 2. The van der Waals surface area contributed by atoms with Crippen LogP contribution in [0.15, 0.2) is 29.2 Å². The van der Waals surface area contributed by atoms with Gasteiger partial charge in [-0.2, -0.15) is 0 Å². The maximum Gasteiger partial charge on any atom is 0.240 e. The van der Waals surface area contributed by atoms with Gasteiger partial charge in [-0.05, 0) is 30.7 Å². The Morgan fingerprint density at radius 1 is 1.15 bits per heavy atom. The van der Waals surface area contributed by atoms with E-state index in [1.807, 2.05) is 0 Å². The zero-order chi connectivity index (χ0) is 14.8. The first kappa shape index (κ1) is 16.9. The van der Waals surface area contributed by atoms with Crippen LogP contribution in [0.3, 0.4) is 0 Å². The van der Waals surface area contributed by atoms with Crippen molar-refractivity contribution in [2.75, 3.05) is 33.5 Å². The van der Waals surface area contributed by atoms with Crippen LogP contribution in [-0.2, 0) is 14.8 Å². The van der Waals surface area contributed by atoms with Gasteiger partial charge in [-0.1, -0.05) is 0 Å². The molecular formula is C13H21NO5S. The molecule has 0 unspecified atom stereocenters. The summed E-state index contributed by atoms with van der Waals surface area (Å²) in [6.45, 7) is 1.32. The first-order valence-corrected chi connectivity index (χ1v) is 7.91. The molecule has 1 aromatic rings. The molecule has 20 heavy (non-hydrogen) atoms. The zero-order valence-corrected chi connectivity index (χ0v) is 12.4. The monoisotopic (exact) mass is 303 g/mol. The minimum Gasteiger partial charge on any atom is -0.494 e. The standard InChI is InChI=1S/C13H21NO5S/c1-18-10-2-8-14-20(16,17)13-6-4-12(5-7-13)19-11-3-9-15/h4-7,14-15H,2-3,8-11H2,1H3. The van der Waals surface area contributed by atoms with Crippen LogP contribution in [0.25, 0.3) is 0 Å². The topological polar surface area (TPSA) is 84.9 Å². The number of sulfonamides is 1. The van der Waals surface area contributed by atoms with Crippen LogP contribution in [0.4, 0.5) is 0 Å². The van der Waals surface area contributed by atoms with Crippen molar-refractivity contribution in [3.05, 3.63) is 24.3 Å². The van der Waals surface area contributed by atoms with Crippen LogP contribution >= 0.6 is 0 Å². The molecule has 0 saturated heterocycles. The van der Waals surface area contributed by atoms with Gasteiger partial charge in [0, 0.05) is 33.3 Å². The highest BCUT2D eigenvalue weighted by atomic mass is 32.2. The molecular weight excluding hydrogens is 282 g/mol. The summed E-state index contributed by atoms with van der Waals surface area (Å²) in [4.78, 5) is 0.199. The molecule has 0 saturated carbocycles. The molecule has 0 aromatic heterocycles. The fourth-order valence-corrected chi connectivity index (χ4v) is 2.55. The maximum absolute atomic E-state index is 11.9. The van der Waals surface area contributed by atoms with Gasteiger partial charge in [-0.25, -0.2) is 13.1 Å². The first-order chi connectivity index (χ1) is 9.60. The minimum atomic E-state index is -3.48. The molecule has 0 aliphatic carbocycles. The van der Waals surface area contributed by atoms with E-state index in [2.05, 4.69) is 4.72 Å². The summed E-state index contributed by atoms with van der Waals surface area (Å²) in [5.74, 6) is 0.580. The summed E-state index contributed by atoms with van der Waals surface area (Å²) in [7, 11) is -1.91. The van der Waals surface area contributed by atoms with Crippen molar-refractivity contribution < 1.29 is 23.0 Å². The van der Waals surface area contributed by atoms with Crippen molar-refractivity contribution in [3.8, 4) is 5.75 Å². The van der Waals surface area contributed by atoms with Crippen molar-refractivity contribution in [1.29, 1.82) is 0 Å². The highest BCUT2D eigenvalue weighted by Crippen LogP contribution is 2.16. The third kappa shape index (κ3) is 5.87. The van der Waals surface area contributed by atoms with E-state index < -0.39 is 10.0 Å². The Morgan fingerprint density at radius 2 is 1.85 bits per heavy atom. The van der Waals surface area contributed by atoms with E-state index in [0.29, 0.717) is 38.3 Å². The van der Waals surface area contributed by atoms with E-state index in [-0.39, 0.29) is 11.5 Å². The number of hydrogen-bond donors (Lipinski definition) is 2. The average molecular weight is 303 g/mol. The molecule has 0 atom stereocenters.